The van der Waals surface area contributed by atoms with E-state index in [9.17, 15) is 19.5 Å². The number of hydrogen-bond acceptors (Lipinski definition) is 7. The number of anilines is 1. The molecule has 0 spiro atoms. The summed E-state index contributed by atoms with van der Waals surface area (Å²) in [6.07, 6.45) is 4.38. The summed E-state index contributed by atoms with van der Waals surface area (Å²) < 4.78 is 5.43. The molecule has 3 aromatic rings. The number of para-hydroxylation sites is 1. The number of nitrogens with zero attached hydrogens (tertiary/aromatic N) is 1. The summed E-state index contributed by atoms with van der Waals surface area (Å²) in [5.41, 5.74) is 4.02. The molecule has 4 aliphatic rings. The molecule has 2 aliphatic heterocycles. The lowest BCUT2D eigenvalue weighted by atomic mass is 9.49. The van der Waals surface area contributed by atoms with Crippen molar-refractivity contribution in [2.75, 3.05) is 12.5 Å². The van der Waals surface area contributed by atoms with E-state index in [1.54, 1.807) is 60.7 Å². The number of phenolic OH excluding ortho intramolecular Hbond substituents is 1. The molecule has 3 fully saturated rings. The first-order valence-corrected chi connectivity index (χ1v) is 16.1. The van der Waals surface area contributed by atoms with E-state index in [1.807, 2.05) is 6.08 Å². The molecule has 3 aromatic carbocycles. The van der Waals surface area contributed by atoms with Crippen LogP contribution >= 0.6 is 23.2 Å². The molecular formula is C36H31Cl2N3O6. The molecule has 47 heavy (non-hydrogen) atoms. The van der Waals surface area contributed by atoms with Gasteiger partial charge in [0.1, 0.15) is 11.5 Å². The standard InChI is InChI=1S/C36H31Cl2N3O6/c1-3-5-18-6-4-7-24(31(18)42)30-22-13-14-23-29(33(44)39-32(23)43)25(22)17-26-34(45)41(40-28-15-10-20(37)16-27(28)38)35(46)36(26,30)19-8-11-21(47-2)12-9-19/h3-4,6-13,15-16,23,25-26,29-30,40,42H,1,5,14,17H2,2H3,(H,39,43,44). The number of hydrogen-bond donors (Lipinski definition) is 3. The Kier molecular flexibility index (Phi) is 7.64. The van der Waals surface area contributed by atoms with Crippen LogP contribution in [0.3, 0.4) is 0 Å². The fourth-order valence-electron chi connectivity index (χ4n) is 8.26. The number of carbonyl (C=O) groups excluding carboxylic acids is 4. The van der Waals surface area contributed by atoms with E-state index in [4.69, 9.17) is 27.9 Å². The second kappa shape index (κ2) is 11.6. The summed E-state index contributed by atoms with van der Waals surface area (Å²) in [4.78, 5) is 56.0. The second-order valence-electron chi connectivity index (χ2n) is 12.4. The monoisotopic (exact) mass is 671 g/mol. The predicted molar refractivity (Wildman–Crippen MR) is 176 cm³/mol. The molecule has 2 saturated heterocycles. The number of hydrazine groups is 1. The van der Waals surface area contributed by atoms with Crippen molar-refractivity contribution in [3.63, 3.8) is 0 Å². The van der Waals surface area contributed by atoms with Crippen LogP contribution in [0.2, 0.25) is 10.0 Å². The number of ether oxygens (including phenoxy) is 1. The van der Waals surface area contributed by atoms with Crippen molar-refractivity contribution in [3.8, 4) is 11.5 Å². The van der Waals surface area contributed by atoms with Gasteiger partial charge in [-0.15, -0.1) is 6.58 Å². The summed E-state index contributed by atoms with van der Waals surface area (Å²) in [6.45, 7) is 3.83. The van der Waals surface area contributed by atoms with Crippen molar-refractivity contribution in [1.82, 2.24) is 10.3 Å². The number of aromatic hydroxyl groups is 1. The second-order valence-corrected chi connectivity index (χ2v) is 13.3. The van der Waals surface area contributed by atoms with Crippen molar-refractivity contribution >= 4 is 52.5 Å². The molecule has 2 aliphatic carbocycles. The average Bonchev–Trinajstić information content (AvgIpc) is 3.47. The highest BCUT2D eigenvalue weighted by molar-refractivity contribution is 6.36. The number of fused-ring (bicyclic) bond motifs is 4. The van der Waals surface area contributed by atoms with E-state index in [0.717, 1.165) is 10.6 Å². The van der Waals surface area contributed by atoms with Gasteiger partial charge in [-0.25, -0.2) is 0 Å². The van der Waals surface area contributed by atoms with Crippen LogP contribution in [0, 0.1) is 23.7 Å². The summed E-state index contributed by atoms with van der Waals surface area (Å²) in [5.74, 6) is -4.97. The first kappa shape index (κ1) is 31.0. The van der Waals surface area contributed by atoms with E-state index < -0.39 is 52.7 Å². The van der Waals surface area contributed by atoms with Gasteiger partial charge in [0.2, 0.25) is 11.8 Å². The Labute approximate surface area is 281 Å². The fraction of sp³-hybridized carbons (Fsp3) is 0.278. The maximum Gasteiger partial charge on any atom is 0.260 e. The lowest BCUT2D eigenvalue weighted by Crippen LogP contribution is -2.53. The van der Waals surface area contributed by atoms with Gasteiger partial charge >= 0.3 is 0 Å². The zero-order valence-electron chi connectivity index (χ0n) is 25.3. The Morgan fingerprint density at radius 3 is 2.53 bits per heavy atom. The van der Waals surface area contributed by atoms with E-state index >= 15 is 4.79 Å². The smallest absolute Gasteiger partial charge is 0.260 e. The highest BCUT2D eigenvalue weighted by Crippen LogP contribution is 2.64. The molecular weight excluding hydrogens is 641 g/mol. The van der Waals surface area contributed by atoms with Crippen LogP contribution in [0.25, 0.3) is 0 Å². The topological polar surface area (TPSA) is 125 Å². The minimum Gasteiger partial charge on any atom is -0.507 e. The van der Waals surface area contributed by atoms with Gasteiger partial charge in [0, 0.05) is 16.5 Å². The van der Waals surface area contributed by atoms with Crippen LogP contribution in [0.4, 0.5) is 5.69 Å². The molecule has 1 saturated carbocycles. The van der Waals surface area contributed by atoms with Crippen LogP contribution < -0.4 is 15.5 Å². The quantitative estimate of drug-likeness (QED) is 0.217. The highest BCUT2D eigenvalue weighted by atomic mass is 35.5. The fourth-order valence-corrected chi connectivity index (χ4v) is 8.71. The number of amides is 4. The lowest BCUT2D eigenvalue weighted by molar-refractivity contribution is -0.138. The van der Waals surface area contributed by atoms with Crippen molar-refractivity contribution in [2.45, 2.75) is 30.6 Å². The van der Waals surface area contributed by atoms with E-state index in [-0.39, 0.29) is 29.5 Å². The van der Waals surface area contributed by atoms with Gasteiger partial charge in [0.15, 0.2) is 0 Å². The maximum absolute atomic E-state index is 15.2. The molecule has 3 N–H and O–H groups in total. The van der Waals surface area contributed by atoms with Crippen molar-refractivity contribution in [1.29, 1.82) is 0 Å². The SMILES string of the molecule is C=CCc1cccc(C2C3=CCC4C(=O)NC(=O)C4C3CC3C(=O)N(Nc4ccc(Cl)cc4Cl)C(=O)C32c2ccc(OC)cc2)c1O. The van der Waals surface area contributed by atoms with Crippen molar-refractivity contribution in [2.24, 2.45) is 23.7 Å². The number of rotatable bonds is 7. The van der Waals surface area contributed by atoms with E-state index in [0.29, 0.717) is 39.6 Å². The van der Waals surface area contributed by atoms with Crippen LogP contribution in [0.15, 0.2) is 85.0 Å². The zero-order chi connectivity index (χ0) is 33.2. The summed E-state index contributed by atoms with van der Waals surface area (Å²) in [6, 6.07) is 17.0. The molecule has 6 unspecified atom stereocenters. The molecule has 0 aromatic heterocycles. The van der Waals surface area contributed by atoms with Gasteiger partial charge in [-0.05, 0) is 66.6 Å². The van der Waals surface area contributed by atoms with Crippen molar-refractivity contribution < 1.29 is 29.0 Å². The predicted octanol–water partition coefficient (Wildman–Crippen LogP) is 5.71. The van der Waals surface area contributed by atoms with Gasteiger partial charge in [0.05, 0.1) is 41.0 Å². The summed E-state index contributed by atoms with van der Waals surface area (Å²) in [7, 11) is 1.54. The third-order valence-corrected chi connectivity index (χ3v) is 10.8. The van der Waals surface area contributed by atoms with Crippen LogP contribution in [0.1, 0.15) is 35.4 Å². The Bertz CT molecular complexity index is 1890. The van der Waals surface area contributed by atoms with Gasteiger partial charge in [-0.2, -0.15) is 5.01 Å². The Balaban J connectivity index is 1.50. The minimum atomic E-state index is -1.56. The molecule has 240 valence electrons. The molecule has 4 amide bonds. The van der Waals surface area contributed by atoms with Crippen LogP contribution in [-0.2, 0) is 31.0 Å². The Morgan fingerprint density at radius 2 is 1.83 bits per heavy atom. The number of halogens is 2. The molecule has 11 heteroatoms. The van der Waals surface area contributed by atoms with Gasteiger partial charge < -0.3 is 9.84 Å². The molecule has 7 rings (SSSR count). The molecule has 9 nitrogen and oxygen atoms in total. The molecule has 0 bridgehead atoms. The van der Waals surface area contributed by atoms with Crippen LogP contribution in [-0.4, -0.2) is 40.9 Å². The van der Waals surface area contributed by atoms with Gasteiger partial charge in [0.25, 0.3) is 11.8 Å². The number of imide groups is 2. The van der Waals surface area contributed by atoms with Crippen LogP contribution in [0.5, 0.6) is 11.5 Å². The maximum atomic E-state index is 15.2. The van der Waals surface area contributed by atoms with E-state index in [1.165, 1.54) is 13.2 Å². The lowest BCUT2D eigenvalue weighted by Gasteiger charge is -2.50. The number of carbonyl (C=O) groups is 4. The average molecular weight is 673 g/mol. The number of allylic oxidation sites excluding steroid dienone is 3. The van der Waals surface area contributed by atoms with Gasteiger partial charge in [-0.3, -0.25) is 29.9 Å². The Hall–Kier alpha value is -4.60. The minimum absolute atomic E-state index is 0.0212. The van der Waals surface area contributed by atoms with Gasteiger partial charge in [-0.1, -0.05) is 71.3 Å². The molecule has 2 heterocycles. The first-order valence-electron chi connectivity index (χ1n) is 15.3. The highest BCUT2D eigenvalue weighted by Gasteiger charge is 2.70. The summed E-state index contributed by atoms with van der Waals surface area (Å²) in [5, 5.41) is 15.9. The number of methoxy groups -OCH3 is 1. The number of benzene rings is 3. The van der Waals surface area contributed by atoms with E-state index in [2.05, 4.69) is 17.3 Å². The molecule has 0 radical (unpaired) electrons. The Morgan fingerprint density at radius 1 is 1.06 bits per heavy atom. The third-order valence-electron chi connectivity index (χ3n) is 10.2. The number of phenols is 1. The van der Waals surface area contributed by atoms with Crippen molar-refractivity contribution in [3.05, 3.63) is 112 Å². The largest absolute Gasteiger partial charge is 0.507 e. The zero-order valence-corrected chi connectivity index (χ0v) is 26.8. The normalized spacial score (nSPS) is 27.9. The number of nitrogens with one attached hydrogen (secondary N) is 2. The molecule has 6 atom stereocenters. The summed E-state index contributed by atoms with van der Waals surface area (Å²) >= 11 is 12.6. The first-order chi connectivity index (χ1) is 22.6. The third kappa shape index (κ3) is 4.58.